The molecule has 2 fully saturated rings. The van der Waals surface area contributed by atoms with Crippen molar-refractivity contribution >= 4 is 40.8 Å². The standard InChI is InChI=1S/C37H27Cl2F3N6O6/c1-54-29-16-23(49)11-12-25(29)30-24-13-14-45-34(52)46(22-5-3-2-4-6-22)35(53)48(45)28(24)17-26-32(50)47(33(51)36(26,30)19-7-9-21(38)10-8-19)44-31-27(39)15-20(18-43-31)37(40,41)42/h2-13,15-16,18,26,28,30,49H,14,17H2,1H3,(H,43,44). The van der Waals surface area contributed by atoms with Crippen LogP contribution in [0.1, 0.15) is 35.1 Å². The Bertz CT molecular complexity index is 2520. The van der Waals surface area contributed by atoms with Crippen LogP contribution in [0.2, 0.25) is 10.0 Å². The third-order valence-corrected chi connectivity index (χ3v) is 10.9. The number of carbonyl (C=O) groups excluding carboxylic acids is 2. The van der Waals surface area contributed by atoms with Crippen LogP contribution in [-0.4, -0.2) is 48.0 Å². The Labute approximate surface area is 313 Å². The number of phenolic OH excluding ortho intramolecular Hbond substituents is 1. The van der Waals surface area contributed by atoms with Crippen molar-refractivity contribution in [2.24, 2.45) is 5.92 Å². The van der Waals surface area contributed by atoms with Gasteiger partial charge >= 0.3 is 17.6 Å². The van der Waals surface area contributed by atoms with Crippen molar-refractivity contribution in [3.8, 4) is 17.2 Å². The highest BCUT2D eigenvalue weighted by Crippen LogP contribution is 2.63. The zero-order valence-electron chi connectivity index (χ0n) is 27.9. The van der Waals surface area contributed by atoms with Gasteiger partial charge in [0, 0.05) is 28.8 Å². The number of methoxy groups -OCH3 is 1. The summed E-state index contributed by atoms with van der Waals surface area (Å²) in [5.74, 6) is -4.36. The van der Waals surface area contributed by atoms with Gasteiger partial charge in [-0.15, -0.1) is 0 Å². The Hall–Kier alpha value is -5.80. The van der Waals surface area contributed by atoms with Crippen LogP contribution < -0.4 is 21.5 Å². The molecule has 2 aromatic heterocycles. The average molecular weight is 780 g/mol. The molecule has 1 aliphatic carbocycles. The Kier molecular flexibility index (Phi) is 8.26. The number of amides is 2. The number of nitrogens with zero attached hydrogens (tertiary/aromatic N) is 5. The van der Waals surface area contributed by atoms with Crippen molar-refractivity contribution in [3.05, 3.63) is 144 Å². The Morgan fingerprint density at radius 1 is 0.963 bits per heavy atom. The first-order valence-corrected chi connectivity index (χ1v) is 17.2. The number of hydrogen-bond donors (Lipinski definition) is 2. The molecular weight excluding hydrogens is 752 g/mol. The number of rotatable bonds is 6. The monoisotopic (exact) mass is 778 g/mol. The second kappa shape index (κ2) is 12.7. The molecule has 4 unspecified atom stereocenters. The number of hydrogen-bond acceptors (Lipinski definition) is 8. The van der Waals surface area contributed by atoms with Crippen LogP contribution in [0.3, 0.4) is 0 Å². The number of anilines is 1. The third kappa shape index (κ3) is 5.16. The fraction of sp³-hybridized carbons (Fsp3) is 0.216. The predicted octanol–water partition coefficient (Wildman–Crippen LogP) is 5.85. The van der Waals surface area contributed by atoms with Gasteiger partial charge in [0.15, 0.2) is 5.82 Å². The van der Waals surface area contributed by atoms with Crippen molar-refractivity contribution < 1.29 is 32.6 Å². The molecule has 54 heavy (non-hydrogen) atoms. The summed E-state index contributed by atoms with van der Waals surface area (Å²) in [6.07, 6.45) is -2.66. The van der Waals surface area contributed by atoms with E-state index in [9.17, 15) is 32.7 Å². The summed E-state index contributed by atoms with van der Waals surface area (Å²) in [5.41, 5.74) is -0.109. The summed E-state index contributed by atoms with van der Waals surface area (Å²) in [5, 5.41) is 11.0. The van der Waals surface area contributed by atoms with Gasteiger partial charge in [0.05, 0.1) is 47.3 Å². The second-order valence-electron chi connectivity index (χ2n) is 13.0. The molecule has 5 aromatic rings. The smallest absolute Gasteiger partial charge is 0.417 e. The van der Waals surface area contributed by atoms with Crippen molar-refractivity contribution in [3.63, 3.8) is 0 Å². The molecule has 4 atom stereocenters. The number of halogens is 5. The number of aromatic nitrogens is 4. The van der Waals surface area contributed by atoms with E-state index < -0.39 is 69.1 Å². The van der Waals surface area contributed by atoms with E-state index in [2.05, 4.69) is 10.4 Å². The van der Waals surface area contributed by atoms with Crippen molar-refractivity contribution in [1.82, 2.24) is 23.9 Å². The molecule has 3 aromatic carbocycles. The lowest BCUT2D eigenvalue weighted by Gasteiger charge is -2.49. The number of alkyl halides is 3. The molecule has 1 saturated carbocycles. The second-order valence-corrected chi connectivity index (χ2v) is 13.9. The van der Waals surface area contributed by atoms with Gasteiger partial charge in [0.2, 0.25) is 0 Å². The minimum atomic E-state index is -4.76. The maximum absolute atomic E-state index is 15.3. The summed E-state index contributed by atoms with van der Waals surface area (Å²) >= 11 is 12.6. The fourth-order valence-electron chi connectivity index (χ4n) is 8.13. The van der Waals surface area contributed by atoms with Crippen LogP contribution in [0, 0.1) is 5.92 Å². The third-order valence-electron chi connectivity index (χ3n) is 10.4. The first-order valence-electron chi connectivity index (χ1n) is 16.5. The highest BCUT2D eigenvalue weighted by atomic mass is 35.5. The number of fused-ring (bicyclic) bond motifs is 4. The Morgan fingerprint density at radius 3 is 2.35 bits per heavy atom. The van der Waals surface area contributed by atoms with Crippen LogP contribution in [0.5, 0.6) is 11.5 Å². The van der Waals surface area contributed by atoms with Crippen LogP contribution in [0.4, 0.5) is 19.0 Å². The topological polar surface area (TPSA) is 141 Å². The SMILES string of the molecule is COc1cc(O)ccc1C1C2=CCn3c(=O)n(-c4ccccc4)c(=O)n3C2CC2C(=O)N(Nc3ncc(C(F)(F)F)cc3Cl)C(=O)C21c1ccc(Cl)cc1. The number of carbonyl (C=O) groups is 2. The molecule has 276 valence electrons. The number of ether oxygens (including phenoxy) is 1. The van der Waals surface area contributed by atoms with Crippen LogP contribution in [0.15, 0.2) is 106 Å². The van der Waals surface area contributed by atoms with Gasteiger partial charge in [-0.1, -0.05) is 65.7 Å². The average Bonchev–Trinajstić information content (AvgIpc) is 3.53. The van der Waals surface area contributed by atoms with E-state index in [1.54, 1.807) is 66.7 Å². The molecule has 0 radical (unpaired) electrons. The molecule has 8 rings (SSSR count). The molecule has 0 spiro atoms. The summed E-state index contributed by atoms with van der Waals surface area (Å²) < 4.78 is 49.7. The Balaban J connectivity index is 1.37. The van der Waals surface area contributed by atoms with Gasteiger partial charge in [0.25, 0.3) is 11.8 Å². The summed E-state index contributed by atoms with van der Waals surface area (Å²) in [7, 11) is 1.37. The summed E-state index contributed by atoms with van der Waals surface area (Å²) in [6.45, 7) is -0.0762. The van der Waals surface area contributed by atoms with Crippen LogP contribution in [0.25, 0.3) is 5.69 Å². The van der Waals surface area contributed by atoms with E-state index in [4.69, 9.17) is 27.9 Å². The van der Waals surface area contributed by atoms with E-state index in [-0.39, 0.29) is 24.5 Å². The summed E-state index contributed by atoms with van der Waals surface area (Å²) in [4.78, 5) is 62.0. The number of phenols is 1. The molecule has 1 saturated heterocycles. The number of benzene rings is 3. The molecule has 2 amide bonds. The molecule has 12 nitrogen and oxygen atoms in total. The predicted molar refractivity (Wildman–Crippen MR) is 190 cm³/mol. The molecular formula is C37H27Cl2F3N6O6. The van der Waals surface area contributed by atoms with E-state index in [1.807, 2.05) is 0 Å². The van der Waals surface area contributed by atoms with E-state index in [0.29, 0.717) is 44.7 Å². The van der Waals surface area contributed by atoms with Crippen LogP contribution in [-0.2, 0) is 27.7 Å². The largest absolute Gasteiger partial charge is 0.508 e. The number of imide groups is 1. The normalized spacial score (nSPS) is 22.0. The number of allylic oxidation sites excluding steroid dienone is 2. The first kappa shape index (κ1) is 35.2. The van der Waals surface area contributed by atoms with Gasteiger partial charge < -0.3 is 9.84 Å². The number of pyridine rings is 1. The lowest BCUT2D eigenvalue weighted by Crippen LogP contribution is -2.53. The number of aromatic hydroxyl groups is 1. The van der Waals surface area contributed by atoms with Gasteiger partial charge in [-0.3, -0.25) is 15.0 Å². The highest BCUT2D eigenvalue weighted by Gasteiger charge is 2.69. The minimum absolute atomic E-state index is 0.0762. The number of hydrazine groups is 1. The fourth-order valence-corrected chi connectivity index (χ4v) is 8.46. The molecule has 17 heteroatoms. The van der Waals surface area contributed by atoms with E-state index in [1.165, 1.54) is 28.6 Å². The molecule has 3 aliphatic rings. The Morgan fingerprint density at radius 2 is 1.69 bits per heavy atom. The first-order chi connectivity index (χ1) is 25.8. The zero-order valence-corrected chi connectivity index (χ0v) is 29.4. The van der Waals surface area contributed by atoms with Gasteiger partial charge in [0.1, 0.15) is 11.5 Å². The van der Waals surface area contributed by atoms with E-state index >= 15 is 4.79 Å². The molecule has 2 N–H and O–H groups in total. The van der Waals surface area contributed by atoms with Crippen molar-refractivity contribution in [2.75, 3.05) is 12.5 Å². The number of para-hydroxylation sites is 1. The summed E-state index contributed by atoms with van der Waals surface area (Å²) in [6, 6.07) is 18.6. The quantitative estimate of drug-likeness (QED) is 0.162. The minimum Gasteiger partial charge on any atom is -0.508 e. The lowest BCUT2D eigenvalue weighted by atomic mass is 9.53. The van der Waals surface area contributed by atoms with Crippen LogP contribution >= 0.6 is 23.2 Å². The van der Waals surface area contributed by atoms with Gasteiger partial charge in [-0.05, 0) is 54.0 Å². The molecule has 0 bridgehead atoms. The number of nitrogens with one attached hydrogen (secondary N) is 1. The van der Waals surface area contributed by atoms with Crippen molar-refractivity contribution in [1.29, 1.82) is 0 Å². The molecule has 4 heterocycles. The van der Waals surface area contributed by atoms with Gasteiger partial charge in [-0.2, -0.15) is 18.2 Å². The highest BCUT2D eigenvalue weighted by molar-refractivity contribution is 6.33. The van der Waals surface area contributed by atoms with Crippen molar-refractivity contribution in [2.45, 2.75) is 36.5 Å². The zero-order chi connectivity index (χ0) is 38.3. The maximum atomic E-state index is 15.3. The molecule has 2 aliphatic heterocycles. The van der Waals surface area contributed by atoms with E-state index in [0.717, 1.165) is 4.57 Å². The van der Waals surface area contributed by atoms with Gasteiger partial charge in [-0.25, -0.2) is 28.5 Å². The lowest BCUT2D eigenvalue weighted by molar-refractivity contribution is -0.139. The maximum Gasteiger partial charge on any atom is 0.417 e.